The Hall–Kier alpha value is -0.840. The fraction of sp³-hybridized carbons (Fsp3) is 0.500. The summed E-state index contributed by atoms with van der Waals surface area (Å²) in [4.78, 5) is 2.61. The molecule has 19 heavy (non-hydrogen) atoms. The first-order valence-electron chi connectivity index (χ1n) is 6.36. The SMILES string of the molecule is CCC(C)N(CCOC)c1ccc(C(N)=S)cc1Cl. The van der Waals surface area contributed by atoms with Gasteiger partial charge in [-0.1, -0.05) is 30.7 Å². The number of benzene rings is 1. The van der Waals surface area contributed by atoms with Gasteiger partial charge in [-0.2, -0.15) is 0 Å². The standard InChI is InChI=1S/C14H21ClN2OS/c1-4-10(2)17(7-8-18-3)13-6-5-11(14(16)19)9-12(13)15/h5-6,9-10H,4,7-8H2,1-3H3,(H2,16,19). The molecule has 0 heterocycles. The minimum atomic E-state index is 0.362. The van der Waals surface area contributed by atoms with E-state index in [2.05, 4.69) is 18.7 Å². The van der Waals surface area contributed by atoms with Crippen LogP contribution in [0.15, 0.2) is 18.2 Å². The van der Waals surface area contributed by atoms with E-state index in [0.717, 1.165) is 24.2 Å². The van der Waals surface area contributed by atoms with E-state index in [1.54, 1.807) is 7.11 Å². The van der Waals surface area contributed by atoms with Crippen LogP contribution in [0, 0.1) is 0 Å². The normalized spacial score (nSPS) is 12.2. The van der Waals surface area contributed by atoms with Gasteiger partial charge in [0.2, 0.25) is 0 Å². The number of ether oxygens (including phenoxy) is 1. The Labute approximate surface area is 125 Å². The van der Waals surface area contributed by atoms with Gasteiger partial charge in [0, 0.05) is 25.3 Å². The molecule has 0 bridgehead atoms. The first-order valence-corrected chi connectivity index (χ1v) is 7.14. The van der Waals surface area contributed by atoms with Gasteiger partial charge < -0.3 is 15.4 Å². The summed E-state index contributed by atoms with van der Waals surface area (Å²) in [5, 5.41) is 0.668. The number of nitrogens with zero attached hydrogens (tertiary/aromatic N) is 1. The molecule has 1 aromatic carbocycles. The zero-order valence-corrected chi connectivity index (χ0v) is 13.2. The van der Waals surface area contributed by atoms with Gasteiger partial charge in [-0.05, 0) is 31.5 Å². The van der Waals surface area contributed by atoms with Crippen LogP contribution in [0.2, 0.25) is 5.02 Å². The lowest BCUT2D eigenvalue weighted by Gasteiger charge is -2.31. The van der Waals surface area contributed by atoms with Crippen molar-refractivity contribution in [2.75, 3.05) is 25.2 Å². The summed E-state index contributed by atoms with van der Waals surface area (Å²) in [5.41, 5.74) is 7.40. The Kier molecular flexibility index (Phi) is 6.55. The van der Waals surface area contributed by atoms with Crippen molar-refractivity contribution in [1.29, 1.82) is 0 Å². The second-order valence-electron chi connectivity index (χ2n) is 4.47. The molecule has 106 valence electrons. The van der Waals surface area contributed by atoms with Crippen molar-refractivity contribution < 1.29 is 4.74 Å². The molecule has 0 fully saturated rings. The Morgan fingerprint density at radius 2 is 2.21 bits per heavy atom. The van der Waals surface area contributed by atoms with Gasteiger partial charge in [0.1, 0.15) is 4.99 Å². The van der Waals surface area contributed by atoms with Gasteiger partial charge in [-0.25, -0.2) is 0 Å². The highest BCUT2D eigenvalue weighted by molar-refractivity contribution is 7.80. The smallest absolute Gasteiger partial charge is 0.104 e. The van der Waals surface area contributed by atoms with E-state index in [1.807, 2.05) is 18.2 Å². The Bertz CT molecular complexity index is 439. The van der Waals surface area contributed by atoms with E-state index in [9.17, 15) is 0 Å². The topological polar surface area (TPSA) is 38.5 Å². The van der Waals surface area contributed by atoms with E-state index < -0.39 is 0 Å². The predicted octanol–water partition coefficient (Wildman–Crippen LogP) is 3.23. The number of hydrogen-bond donors (Lipinski definition) is 1. The Morgan fingerprint density at radius 1 is 1.53 bits per heavy atom. The van der Waals surface area contributed by atoms with Crippen LogP contribution in [-0.4, -0.2) is 31.3 Å². The molecule has 0 aromatic heterocycles. The third-order valence-corrected chi connectivity index (χ3v) is 3.74. The molecule has 3 nitrogen and oxygen atoms in total. The van der Waals surface area contributed by atoms with E-state index in [4.69, 9.17) is 34.3 Å². The highest BCUT2D eigenvalue weighted by Crippen LogP contribution is 2.29. The first kappa shape index (κ1) is 16.2. The molecule has 0 spiro atoms. The lowest BCUT2D eigenvalue weighted by molar-refractivity contribution is 0.203. The second kappa shape index (κ2) is 7.68. The molecule has 0 radical (unpaired) electrons. The molecule has 1 unspecified atom stereocenters. The monoisotopic (exact) mass is 300 g/mol. The van der Waals surface area contributed by atoms with Crippen LogP contribution in [0.1, 0.15) is 25.8 Å². The van der Waals surface area contributed by atoms with Crippen LogP contribution >= 0.6 is 23.8 Å². The van der Waals surface area contributed by atoms with Gasteiger partial charge in [0.25, 0.3) is 0 Å². The van der Waals surface area contributed by atoms with Crippen molar-refractivity contribution in [3.8, 4) is 0 Å². The zero-order valence-electron chi connectivity index (χ0n) is 11.6. The van der Waals surface area contributed by atoms with Crippen molar-refractivity contribution >= 4 is 34.5 Å². The third-order valence-electron chi connectivity index (χ3n) is 3.20. The van der Waals surface area contributed by atoms with Crippen molar-refractivity contribution in [3.05, 3.63) is 28.8 Å². The van der Waals surface area contributed by atoms with E-state index in [-0.39, 0.29) is 0 Å². The third kappa shape index (κ3) is 4.34. The fourth-order valence-electron chi connectivity index (χ4n) is 1.88. The van der Waals surface area contributed by atoms with Crippen LogP contribution in [0.3, 0.4) is 0 Å². The Balaban J connectivity index is 3.04. The number of thiocarbonyl (C=S) groups is 1. The van der Waals surface area contributed by atoms with Crippen molar-refractivity contribution in [2.45, 2.75) is 26.3 Å². The molecular formula is C14H21ClN2OS. The molecule has 0 aliphatic heterocycles. The minimum Gasteiger partial charge on any atom is -0.389 e. The van der Waals surface area contributed by atoms with E-state index >= 15 is 0 Å². The predicted molar refractivity (Wildman–Crippen MR) is 86.3 cm³/mol. The summed E-state index contributed by atoms with van der Waals surface area (Å²) in [6.45, 7) is 5.80. The van der Waals surface area contributed by atoms with Crippen LogP contribution in [0.4, 0.5) is 5.69 Å². The number of methoxy groups -OCH3 is 1. The molecule has 0 saturated heterocycles. The van der Waals surface area contributed by atoms with Crippen LogP contribution in [-0.2, 0) is 4.74 Å². The molecule has 2 N–H and O–H groups in total. The molecule has 5 heteroatoms. The lowest BCUT2D eigenvalue weighted by Crippen LogP contribution is -2.35. The number of hydrogen-bond acceptors (Lipinski definition) is 3. The van der Waals surface area contributed by atoms with Crippen molar-refractivity contribution in [1.82, 2.24) is 0 Å². The molecule has 0 aliphatic carbocycles. The average Bonchev–Trinajstić information content (AvgIpc) is 2.39. The lowest BCUT2D eigenvalue weighted by atomic mass is 10.1. The summed E-state index contributed by atoms with van der Waals surface area (Å²) in [7, 11) is 1.70. The minimum absolute atomic E-state index is 0.362. The van der Waals surface area contributed by atoms with E-state index in [1.165, 1.54) is 0 Å². The highest BCUT2D eigenvalue weighted by atomic mass is 35.5. The van der Waals surface area contributed by atoms with Crippen LogP contribution in [0.25, 0.3) is 0 Å². The zero-order chi connectivity index (χ0) is 14.4. The number of nitrogens with two attached hydrogens (primary N) is 1. The average molecular weight is 301 g/mol. The summed E-state index contributed by atoms with van der Waals surface area (Å²) < 4.78 is 5.16. The molecule has 0 saturated carbocycles. The maximum Gasteiger partial charge on any atom is 0.104 e. The maximum absolute atomic E-state index is 6.35. The molecule has 1 aromatic rings. The van der Waals surface area contributed by atoms with Gasteiger partial charge >= 0.3 is 0 Å². The number of anilines is 1. The summed E-state index contributed by atoms with van der Waals surface area (Å²) in [6, 6.07) is 6.09. The number of halogens is 1. The fourth-order valence-corrected chi connectivity index (χ4v) is 2.30. The van der Waals surface area contributed by atoms with Gasteiger partial charge in [0.15, 0.2) is 0 Å². The molecule has 0 aliphatic rings. The van der Waals surface area contributed by atoms with Crippen molar-refractivity contribution in [2.24, 2.45) is 5.73 Å². The Morgan fingerprint density at radius 3 is 2.68 bits per heavy atom. The van der Waals surface area contributed by atoms with Crippen molar-refractivity contribution in [3.63, 3.8) is 0 Å². The second-order valence-corrected chi connectivity index (χ2v) is 5.32. The first-order chi connectivity index (χ1) is 9.01. The quantitative estimate of drug-likeness (QED) is 0.785. The van der Waals surface area contributed by atoms with E-state index in [0.29, 0.717) is 22.7 Å². The molecule has 1 rings (SSSR count). The van der Waals surface area contributed by atoms with Gasteiger partial charge in [0.05, 0.1) is 17.3 Å². The number of rotatable bonds is 7. The molecular weight excluding hydrogens is 280 g/mol. The largest absolute Gasteiger partial charge is 0.389 e. The molecule has 0 amide bonds. The summed E-state index contributed by atoms with van der Waals surface area (Å²) >= 11 is 11.3. The molecule has 1 atom stereocenters. The van der Waals surface area contributed by atoms with Crippen LogP contribution < -0.4 is 10.6 Å². The van der Waals surface area contributed by atoms with Crippen LogP contribution in [0.5, 0.6) is 0 Å². The van der Waals surface area contributed by atoms with Gasteiger partial charge in [-0.15, -0.1) is 0 Å². The summed E-state index contributed by atoms with van der Waals surface area (Å²) in [5.74, 6) is 0. The van der Waals surface area contributed by atoms with Gasteiger partial charge in [-0.3, -0.25) is 0 Å². The summed E-state index contributed by atoms with van der Waals surface area (Å²) in [6.07, 6.45) is 1.04. The maximum atomic E-state index is 6.35. The highest BCUT2D eigenvalue weighted by Gasteiger charge is 2.16.